The molecule has 3 aromatic carbocycles. The molecule has 0 amide bonds. The van der Waals surface area contributed by atoms with Gasteiger partial charge in [-0.25, -0.2) is 13.2 Å². The zero-order valence-corrected chi connectivity index (χ0v) is 18.8. The van der Waals surface area contributed by atoms with Crippen LogP contribution in [0.5, 0.6) is 0 Å². The highest BCUT2D eigenvalue weighted by Gasteiger charge is 2.26. The fourth-order valence-corrected chi connectivity index (χ4v) is 4.60. The molecule has 3 aromatic rings. The van der Waals surface area contributed by atoms with Crippen LogP contribution in [0.2, 0.25) is 5.02 Å². The number of ether oxygens (including phenoxy) is 1. The predicted molar refractivity (Wildman–Crippen MR) is 125 cm³/mol. The van der Waals surface area contributed by atoms with Crippen LogP contribution in [-0.4, -0.2) is 25.9 Å². The van der Waals surface area contributed by atoms with Crippen molar-refractivity contribution in [2.75, 3.05) is 10.8 Å². The summed E-state index contributed by atoms with van der Waals surface area (Å²) in [5, 5.41) is 10.8. The molecule has 0 atom stereocenters. The molecule has 0 bridgehead atoms. The van der Waals surface area contributed by atoms with Gasteiger partial charge >= 0.3 is 5.97 Å². The number of para-hydroxylation sites is 1. The number of hydrogen-bond donors (Lipinski definition) is 0. The van der Waals surface area contributed by atoms with Crippen molar-refractivity contribution < 1.29 is 22.9 Å². The van der Waals surface area contributed by atoms with Gasteiger partial charge in [0.1, 0.15) is 6.61 Å². The van der Waals surface area contributed by atoms with Gasteiger partial charge < -0.3 is 4.74 Å². The van der Waals surface area contributed by atoms with Gasteiger partial charge in [-0.05, 0) is 48.0 Å². The lowest BCUT2D eigenvalue weighted by Gasteiger charge is -2.23. The molecule has 0 aliphatic carbocycles. The van der Waals surface area contributed by atoms with Gasteiger partial charge in [-0.2, -0.15) is 0 Å². The normalized spacial score (nSPS) is 10.9. The Labute approximate surface area is 195 Å². The van der Waals surface area contributed by atoms with Gasteiger partial charge in [0.05, 0.1) is 32.6 Å². The molecule has 10 heteroatoms. The average molecular weight is 487 g/mol. The minimum Gasteiger partial charge on any atom is -0.457 e. The fraction of sp³-hybridized carbons (Fsp3) is 0.0870. The largest absolute Gasteiger partial charge is 0.457 e. The van der Waals surface area contributed by atoms with Crippen molar-refractivity contribution in [2.45, 2.75) is 11.5 Å². The number of hydrogen-bond acceptors (Lipinski definition) is 6. The molecule has 0 unspecified atom stereocenters. The monoisotopic (exact) mass is 486 g/mol. The zero-order valence-electron chi connectivity index (χ0n) is 17.3. The minimum absolute atomic E-state index is 0.0227. The molecule has 170 valence electrons. The molecule has 0 N–H and O–H groups in total. The topological polar surface area (TPSA) is 107 Å². The quantitative estimate of drug-likeness (QED) is 0.182. The Morgan fingerprint density at radius 3 is 2.36 bits per heavy atom. The van der Waals surface area contributed by atoms with Crippen LogP contribution < -0.4 is 4.31 Å². The molecule has 0 aliphatic rings. The molecule has 33 heavy (non-hydrogen) atoms. The SMILES string of the molecule is C=CCN(c1ccccc1)S(=O)(=O)c1ccc(Cl)c(C(=O)OCc2ccc([N+](=O)[O-])cc2)c1. The van der Waals surface area contributed by atoms with E-state index in [0.717, 1.165) is 10.4 Å². The maximum atomic E-state index is 13.3. The van der Waals surface area contributed by atoms with Crippen LogP contribution in [0.15, 0.2) is 90.3 Å². The first kappa shape index (κ1) is 24.0. The fourth-order valence-electron chi connectivity index (χ4n) is 2.94. The number of nitro benzene ring substituents is 1. The first-order chi connectivity index (χ1) is 15.7. The number of non-ortho nitro benzene ring substituents is 1. The Balaban J connectivity index is 1.85. The van der Waals surface area contributed by atoms with Crippen molar-refractivity contribution in [3.63, 3.8) is 0 Å². The van der Waals surface area contributed by atoms with Crippen molar-refractivity contribution in [3.8, 4) is 0 Å². The van der Waals surface area contributed by atoms with Crippen molar-refractivity contribution >= 4 is 39.0 Å². The van der Waals surface area contributed by atoms with Gasteiger partial charge in [-0.15, -0.1) is 6.58 Å². The molecule has 0 fully saturated rings. The molecule has 0 heterocycles. The summed E-state index contributed by atoms with van der Waals surface area (Å²) in [6.07, 6.45) is 1.46. The van der Waals surface area contributed by atoms with Gasteiger partial charge in [0.15, 0.2) is 0 Å². The van der Waals surface area contributed by atoms with Gasteiger partial charge in [-0.3, -0.25) is 14.4 Å². The van der Waals surface area contributed by atoms with Crippen molar-refractivity contribution in [1.82, 2.24) is 0 Å². The predicted octanol–water partition coefficient (Wildman–Crippen LogP) is 4.99. The second kappa shape index (κ2) is 10.3. The van der Waals surface area contributed by atoms with Crippen LogP contribution in [0.1, 0.15) is 15.9 Å². The van der Waals surface area contributed by atoms with E-state index < -0.39 is 20.9 Å². The number of anilines is 1. The first-order valence-electron chi connectivity index (χ1n) is 9.62. The number of nitro groups is 1. The molecular formula is C23H19ClN2O6S. The van der Waals surface area contributed by atoms with Crippen LogP contribution in [0, 0.1) is 10.1 Å². The summed E-state index contributed by atoms with van der Waals surface area (Å²) in [4.78, 5) is 22.7. The third-order valence-electron chi connectivity index (χ3n) is 4.60. The smallest absolute Gasteiger partial charge is 0.340 e. The number of carbonyl (C=O) groups is 1. The Kier molecular flexibility index (Phi) is 7.47. The van der Waals surface area contributed by atoms with E-state index in [-0.39, 0.29) is 34.3 Å². The summed E-state index contributed by atoms with van der Waals surface area (Å²) in [5.41, 5.74) is 0.754. The molecule has 0 aromatic heterocycles. The highest BCUT2D eigenvalue weighted by atomic mass is 35.5. The van der Waals surface area contributed by atoms with Gasteiger partial charge in [0, 0.05) is 12.1 Å². The number of esters is 1. The van der Waals surface area contributed by atoms with Crippen LogP contribution in [-0.2, 0) is 21.4 Å². The summed E-state index contributed by atoms with van der Waals surface area (Å²) in [5.74, 6) is -0.828. The van der Waals surface area contributed by atoms with E-state index in [1.165, 1.54) is 42.5 Å². The third-order valence-corrected chi connectivity index (χ3v) is 6.72. The van der Waals surface area contributed by atoms with Gasteiger partial charge in [0.2, 0.25) is 0 Å². The van der Waals surface area contributed by atoms with Crippen LogP contribution in [0.4, 0.5) is 11.4 Å². The van der Waals surface area contributed by atoms with E-state index in [0.29, 0.717) is 11.3 Å². The summed E-state index contributed by atoms with van der Waals surface area (Å²) in [6.45, 7) is 3.48. The highest BCUT2D eigenvalue weighted by Crippen LogP contribution is 2.27. The number of benzene rings is 3. The van der Waals surface area contributed by atoms with E-state index in [2.05, 4.69) is 6.58 Å². The summed E-state index contributed by atoms with van der Waals surface area (Å²) < 4.78 is 33.0. The summed E-state index contributed by atoms with van der Waals surface area (Å²) in [7, 11) is -4.04. The Hall–Kier alpha value is -3.69. The summed E-state index contributed by atoms with van der Waals surface area (Å²) >= 11 is 6.14. The van der Waals surface area contributed by atoms with E-state index in [9.17, 15) is 23.3 Å². The number of nitrogens with zero attached hydrogens (tertiary/aromatic N) is 2. The maximum absolute atomic E-state index is 13.3. The van der Waals surface area contributed by atoms with E-state index in [1.54, 1.807) is 30.3 Å². The molecule has 0 spiro atoms. The van der Waals surface area contributed by atoms with Gasteiger partial charge in [0.25, 0.3) is 15.7 Å². The standard InChI is InChI=1S/C23H19ClN2O6S/c1-2-14-25(18-6-4-3-5-7-18)33(30,31)20-12-13-22(24)21(15-20)23(27)32-16-17-8-10-19(11-9-17)26(28)29/h2-13,15H,1,14,16H2. The molecule has 3 rings (SSSR count). The lowest BCUT2D eigenvalue weighted by Crippen LogP contribution is -2.31. The molecule has 8 nitrogen and oxygen atoms in total. The molecule has 0 saturated carbocycles. The van der Waals surface area contributed by atoms with Crippen LogP contribution >= 0.6 is 11.6 Å². The van der Waals surface area contributed by atoms with Crippen molar-refractivity contribution in [1.29, 1.82) is 0 Å². The average Bonchev–Trinajstić information content (AvgIpc) is 2.81. The number of rotatable bonds is 9. The van der Waals surface area contributed by atoms with E-state index >= 15 is 0 Å². The maximum Gasteiger partial charge on any atom is 0.340 e. The lowest BCUT2D eigenvalue weighted by atomic mass is 10.2. The number of sulfonamides is 1. The number of halogens is 1. The summed E-state index contributed by atoms with van der Waals surface area (Å²) in [6, 6.07) is 17.8. The van der Waals surface area contributed by atoms with Crippen molar-refractivity contribution in [2.24, 2.45) is 0 Å². The number of carbonyl (C=O) groups excluding carboxylic acids is 1. The van der Waals surface area contributed by atoms with Crippen LogP contribution in [0.3, 0.4) is 0 Å². The second-order valence-electron chi connectivity index (χ2n) is 6.80. The Morgan fingerprint density at radius 2 is 1.76 bits per heavy atom. The second-order valence-corrected chi connectivity index (χ2v) is 9.07. The highest BCUT2D eigenvalue weighted by molar-refractivity contribution is 7.92. The first-order valence-corrected chi connectivity index (χ1v) is 11.4. The van der Waals surface area contributed by atoms with Crippen molar-refractivity contribution in [3.05, 3.63) is 112 Å². The zero-order chi connectivity index (χ0) is 24.0. The van der Waals surface area contributed by atoms with E-state index in [4.69, 9.17) is 16.3 Å². The van der Waals surface area contributed by atoms with E-state index in [1.807, 2.05) is 0 Å². The van der Waals surface area contributed by atoms with Gasteiger partial charge in [-0.1, -0.05) is 35.9 Å². The molecule has 0 saturated heterocycles. The molecular weight excluding hydrogens is 468 g/mol. The molecule has 0 radical (unpaired) electrons. The lowest BCUT2D eigenvalue weighted by molar-refractivity contribution is -0.384. The Bertz CT molecular complexity index is 1280. The molecule has 0 aliphatic heterocycles. The van der Waals surface area contributed by atoms with Crippen LogP contribution in [0.25, 0.3) is 0 Å². The third kappa shape index (κ3) is 5.57. The minimum atomic E-state index is -4.04. The Morgan fingerprint density at radius 1 is 1.09 bits per heavy atom.